The molecule has 1 rings (SSSR count). The topological polar surface area (TPSA) is 26.0 Å². The van der Waals surface area contributed by atoms with Gasteiger partial charge in [-0.2, -0.15) is 0 Å². The van der Waals surface area contributed by atoms with E-state index < -0.39 is 0 Å². The molecule has 3 heteroatoms. The van der Waals surface area contributed by atoms with Gasteiger partial charge in [-0.3, -0.25) is 0 Å². The van der Waals surface area contributed by atoms with E-state index in [9.17, 15) is 0 Å². The van der Waals surface area contributed by atoms with Crippen molar-refractivity contribution in [2.45, 2.75) is 26.3 Å². The molecule has 0 spiro atoms. The van der Waals surface area contributed by atoms with E-state index in [1.807, 2.05) is 24.3 Å². The van der Waals surface area contributed by atoms with Gasteiger partial charge in [-0.15, -0.1) is 12.4 Å². The van der Waals surface area contributed by atoms with E-state index in [-0.39, 0.29) is 18.4 Å². The van der Waals surface area contributed by atoms with E-state index in [0.717, 1.165) is 17.0 Å². The van der Waals surface area contributed by atoms with Crippen LogP contribution in [0.25, 0.3) is 0 Å². The van der Waals surface area contributed by atoms with Gasteiger partial charge in [0.1, 0.15) is 0 Å². The molecule has 14 heavy (non-hydrogen) atoms. The van der Waals surface area contributed by atoms with Crippen molar-refractivity contribution in [2.24, 2.45) is 11.7 Å². The molecule has 0 aromatic heterocycles. The first-order valence-corrected chi connectivity index (χ1v) is 4.98. The van der Waals surface area contributed by atoms with Crippen molar-refractivity contribution >= 4 is 24.0 Å². The summed E-state index contributed by atoms with van der Waals surface area (Å²) in [6.45, 7) is 4.35. The molecular weight excluding hydrogens is 217 g/mol. The largest absolute Gasteiger partial charge is 0.324 e. The minimum Gasteiger partial charge on any atom is -0.324 e. The third-order valence-electron chi connectivity index (χ3n) is 2.02. The van der Waals surface area contributed by atoms with E-state index in [4.69, 9.17) is 17.3 Å². The lowest BCUT2D eigenvalue weighted by molar-refractivity contribution is 0.510. The first-order valence-electron chi connectivity index (χ1n) is 4.60. The standard InChI is InChI=1S/C11H16ClN.ClH/c1-8(2)7-11(13)9-3-5-10(12)6-4-9;/h3-6,8,11H,7,13H2,1-2H3;1H/t11-;/m1./s1. The fourth-order valence-corrected chi connectivity index (χ4v) is 1.48. The van der Waals surface area contributed by atoms with Crippen LogP contribution in [-0.2, 0) is 0 Å². The van der Waals surface area contributed by atoms with Crippen LogP contribution < -0.4 is 5.73 Å². The van der Waals surface area contributed by atoms with Gasteiger partial charge in [-0.25, -0.2) is 0 Å². The van der Waals surface area contributed by atoms with Crippen molar-refractivity contribution in [1.82, 2.24) is 0 Å². The van der Waals surface area contributed by atoms with Gasteiger partial charge in [0.25, 0.3) is 0 Å². The summed E-state index contributed by atoms with van der Waals surface area (Å²) in [6, 6.07) is 7.90. The van der Waals surface area contributed by atoms with Gasteiger partial charge in [-0.05, 0) is 30.0 Å². The van der Waals surface area contributed by atoms with Crippen LogP contribution in [0.1, 0.15) is 31.9 Å². The highest BCUT2D eigenvalue weighted by Crippen LogP contribution is 2.20. The molecule has 0 saturated heterocycles. The maximum atomic E-state index is 6.00. The molecule has 0 radical (unpaired) electrons. The molecule has 2 N–H and O–H groups in total. The molecular formula is C11H17Cl2N. The molecule has 0 bridgehead atoms. The third kappa shape index (κ3) is 4.32. The molecule has 1 atom stereocenters. The van der Waals surface area contributed by atoms with Gasteiger partial charge in [0.15, 0.2) is 0 Å². The Balaban J connectivity index is 0.00000169. The van der Waals surface area contributed by atoms with Gasteiger partial charge in [0.05, 0.1) is 0 Å². The van der Waals surface area contributed by atoms with E-state index in [1.54, 1.807) is 0 Å². The Morgan fingerprint density at radius 2 is 1.71 bits per heavy atom. The zero-order valence-corrected chi connectivity index (χ0v) is 10.1. The second kappa shape index (κ2) is 6.28. The number of halogens is 2. The van der Waals surface area contributed by atoms with Crippen molar-refractivity contribution in [3.05, 3.63) is 34.9 Å². The molecule has 80 valence electrons. The van der Waals surface area contributed by atoms with E-state index in [2.05, 4.69) is 13.8 Å². The monoisotopic (exact) mass is 233 g/mol. The molecule has 0 saturated carbocycles. The Labute approximate surface area is 97.1 Å². The van der Waals surface area contributed by atoms with Crippen molar-refractivity contribution < 1.29 is 0 Å². The second-order valence-corrected chi connectivity index (χ2v) is 4.22. The van der Waals surface area contributed by atoms with Crippen LogP contribution in [0.15, 0.2) is 24.3 Å². The predicted molar refractivity (Wildman–Crippen MR) is 65.1 cm³/mol. The summed E-state index contributed by atoms with van der Waals surface area (Å²) in [7, 11) is 0. The molecule has 1 aromatic rings. The average molecular weight is 234 g/mol. The summed E-state index contributed by atoms with van der Waals surface area (Å²) < 4.78 is 0. The maximum Gasteiger partial charge on any atom is 0.0406 e. The molecule has 1 nitrogen and oxygen atoms in total. The smallest absolute Gasteiger partial charge is 0.0406 e. The number of nitrogens with two attached hydrogens (primary N) is 1. The minimum absolute atomic E-state index is 0. The summed E-state index contributed by atoms with van der Waals surface area (Å²) in [6.07, 6.45) is 1.02. The highest BCUT2D eigenvalue weighted by molar-refractivity contribution is 6.30. The Kier molecular flexibility index (Phi) is 6.17. The lowest BCUT2D eigenvalue weighted by Crippen LogP contribution is -2.12. The van der Waals surface area contributed by atoms with Crippen LogP contribution in [0.2, 0.25) is 5.02 Å². The molecule has 0 heterocycles. The van der Waals surface area contributed by atoms with Crippen LogP contribution in [0, 0.1) is 5.92 Å². The Hall–Kier alpha value is -0.240. The van der Waals surface area contributed by atoms with Crippen molar-refractivity contribution in [3.63, 3.8) is 0 Å². The van der Waals surface area contributed by atoms with E-state index >= 15 is 0 Å². The Bertz CT molecular complexity index is 256. The fraction of sp³-hybridized carbons (Fsp3) is 0.455. The summed E-state index contributed by atoms with van der Waals surface area (Å²) in [5, 5.41) is 0.764. The molecule has 0 fully saturated rings. The zero-order valence-electron chi connectivity index (χ0n) is 8.53. The van der Waals surface area contributed by atoms with Crippen molar-refractivity contribution in [1.29, 1.82) is 0 Å². The highest BCUT2D eigenvalue weighted by Gasteiger charge is 2.07. The van der Waals surface area contributed by atoms with Crippen LogP contribution >= 0.6 is 24.0 Å². The molecule has 0 aliphatic rings. The number of rotatable bonds is 3. The quantitative estimate of drug-likeness (QED) is 0.845. The van der Waals surface area contributed by atoms with Gasteiger partial charge in [-0.1, -0.05) is 37.6 Å². The first-order chi connectivity index (χ1) is 6.09. The van der Waals surface area contributed by atoms with Crippen LogP contribution in [0.3, 0.4) is 0 Å². The SMILES string of the molecule is CC(C)C[C@@H](N)c1ccc(Cl)cc1.Cl. The maximum absolute atomic E-state index is 6.00. The fourth-order valence-electron chi connectivity index (χ4n) is 1.35. The molecule has 0 aliphatic carbocycles. The van der Waals surface area contributed by atoms with Crippen LogP contribution in [0.5, 0.6) is 0 Å². The van der Waals surface area contributed by atoms with Crippen molar-refractivity contribution in [2.75, 3.05) is 0 Å². The summed E-state index contributed by atoms with van der Waals surface area (Å²) in [5.41, 5.74) is 7.17. The van der Waals surface area contributed by atoms with E-state index in [1.165, 1.54) is 0 Å². The molecule has 0 aliphatic heterocycles. The lowest BCUT2D eigenvalue weighted by atomic mass is 9.98. The van der Waals surface area contributed by atoms with Gasteiger partial charge in [0, 0.05) is 11.1 Å². The average Bonchev–Trinajstić information content (AvgIpc) is 2.04. The van der Waals surface area contributed by atoms with Gasteiger partial charge in [0.2, 0.25) is 0 Å². The van der Waals surface area contributed by atoms with Crippen molar-refractivity contribution in [3.8, 4) is 0 Å². The minimum atomic E-state index is 0. The number of hydrogen-bond donors (Lipinski definition) is 1. The molecule has 0 amide bonds. The van der Waals surface area contributed by atoms with Gasteiger partial charge >= 0.3 is 0 Å². The second-order valence-electron chi connectivity index (χ2n) is 3.79. The lowest BCUT2D eigenvalue weighted by Gasteiger charge is -2.14. The predicted octanol–water partition coefficient (Wildman–Crippen LogP) is 3.81. The Morgan fingerprint density at radius 3 is 2.14 bits per heavy atom. The normalized spacial score (nSPS) is 12.4. The number of hydrogen-bond acceptors (Lipinski definition) is 1. The summed E-state index contributed by atoms with van der Waals surface area (Å²) in [4.78, 5) is 0. The zero-order chi connectivity index (χ0) is 9.84. The Morgan fingerprint density at radius 1 is 1.21 bits per heavy atom. The molecule has 1 aromatic carbocycles. The van der Waals surface area contributed by atoms with Crippen LogP contribution in [0.4, 0.5) is 0 Å². The molecule has 0 unspecified atom stereocenters. The summed E-state index contributed by atoms with van der Waals surface area (Å²) >= 11 is 5.78. The van der Waals surface area contributed by atoms with E-state index in [0.29, 0.717) is 5.92 Å². The van der Waals surface area contributed by atoms with Gasteiger partial charge < -0.3 is 5.73 Å². The number of benzene rings is 1. The first kappa shape index (κ1) is 13.8. The highest BCUT2D eigenvalue weighted by atomic mass is 35.5. The van der Waals surface area contributed by atoms with Crippen LogP contribution in [-0.4, -0.2) is 0 Å². The summed E-state index contributed by atoms with van der Waals surface area (Å²) in [5.74, 6) is 0.630. The third-order valence-corrected chi connectivity index (χ3v) is 2.28.